The molecule has 1 aromatic carbocycles. The first-order valence-corrected chi connectivity index (χ1v) is 9.19. The van der Waals surface area contributed by atoms with E-state index in [1.165, 1.54) is 6.21 Å². The molecule has 0 aromatic heterocycles. The number of carbonyl (C=O) groups excluding carboxylic acids is 1. The zero-order valence-corrected chi connectivity index (χ0v) is 15.4. The van der Waals surface area contributed by atoms with Crippen LogP contribution in [-0.4, -0.2) is 30.1 Å². The van der Waals surface area contributed by atoms with Crippen molar-refractivity contribution in [2.24, 2.45) is 11.1 Å². The van der Waals surface area contributed by atoms with Crippen molar-refractivity contribution in [2.75, 3.05) is 6.61 Å². The molecule has 1 atom stereocenters. The van der Waals surface area contributed by atoms with Gasteiger partial charge in [-0.05, 0) is 38.8 Å². The third-order valence-electron chi connectivity index (χ3n) is 3.82. The smallest absolute Gasteiger partial charge is 0.314 e. The third kappa shape index (κ3) is 10.4. The Bertz CT molecular complexity index is 488. The molecule has 0 bridgehead atoms. The summed E-state index contributed by atoms with van der Waals surface area (Å²) in [5, 5.41) is 11.7. The Morgan fingerprint density at radius 1 is 1.08 bits per heavy atom. The van der Waals surface area contributed by atoms with E-state index in [2.05, 4.69) is 5.16 Å². The summed E-state index contributed by atoms with van der Waals surface area (Å²) in [6.45, 7) is 4.37. The van der Waals surface area contributed by atoms with Gasteiger partial charge in [-0.3, -0.25) is 4.79 Å². The van der Waals surface area contributed by atoms with E-state index < -0.39 is 5.92 Å². The van der Waals surface area contributed by atoms with Gasteiger partial charge in [0.2, 0.25) is 0 Å². The number of para-hydroxylation sites is 1. The maximum atomic E-state index is 11.9. The van der Waals surface area contributed by atoms with Crippen molar-refractivity contribution in [3.63, 3.8) is 0 Å². The van der Waals surface area contributed by atoms with Gasteiger partial charge in [0.05, 0.1) is 24.8 Å². The lowest BCUT2D eigenvalue weighted by Gasteiger charge is -2.13. The molecule has 25 heavy (non-hydrogen) atoms. The van der Waals surface area contributed by atoms with Crippen LogP contribution in [0.4, 0.5) is 0 Å². The van der Waals surface area contributed by atoms with Crippen LogP contribution in [0.5, 0.6) is 5.75 Å². The summed E-state index contributed by atoms with van der Waals surface area (Å²) >= 11 is 0. The fraction of sp³-hybridized carbons (Fsp3) is 0.600. The first kappa shape index (κ1) is 21.0. The van der Waals surface area contributed by atoms with Crippen LogP contribution in [0, 0.1) is 5.92 Å². The SMILES string of the molecule is CC(C)OC(=O)C(/C=N\O)CCCCCCCCOc1ccccc1. The van der Waals surface area contributed by atoms with E-state index in [-0.39, 0.29) is 12.1 Å². The number of hydrogen-bond donors (Lipinski definition) is 1. The molecule has 1 unspecified atom stereocenters. The minimum atomic E-state index is -0.452. The normalized spacial score (nSPS) is 12.4. The molecule has 0 spiro atoms. The standard InChI is InChI=1S/C20H31NO4/c1-17(2)25-20(22)18(16-21-23)12-8-5-3-4-6-11-15-24-19-13-9-7-10-14-19/h7,9-10,13-14,16-18,23H,3-6,8,11-12,15H2,1-2H3/b21-16-. The van der Waals surface area contributed by atoms with Gasteiger partial charge >= 0.3 is 5.97 Å². The highest BCUT2D eigenvalue weighted by Gasteiger charge is 2.18. The molecule has 5 heteroatoms. The first-order valence-electron chi connectivity index (χ1n) is 9.19. The average molecular weight is 349 g/mol. The van der Waals surface area contributed by atoms with Crippen molar-refractivity contribution in [1.29, 1.82) is 0 Å². The summed E-state index contributed by atoms with van der Waals surface area (Å²) in [7, 11) is 0. The lowest BCUT2D eigenvalue weighted by molar-refractivity contribution is -0.150. The number of unbranched alkanes of at least 4 members (excludes halogenated alkanes) is 5. The van der Waals surface area contributed by atoms with Gasteiger partial charge in [0.1, 0.15) is 5.75 Å². The minimum absolute atomic E-state index is 0.153. The maximum Gasteiger partial charge on any atom is 0.314 e. The molecule has 1 aromatic rings. The van der Waals surface area contributed by atoms with E-state index in [1.807, 2.05) is 44.2 Å². The predicted octanol–water partition coefficient (Wildman–Crippen LogP) is 4.82. The fourth-order valence-corrected chi connectivity index (χ4v) is 2.53. The molecule has 5 nitrogen and oxygen atoms in total. The molecular weight excluding hydrogens is 318 g/mol. The topological polar surface area (TPSA) is 68.1 Å². The minimum Gasteiger partial charge on any atom is -0.494 e. The van der Waals surface area contributed by atoms with E-state index in [0.29, 0.717) is 6.42 Å². The number of rotatable bonds is 13. The summed E-state index contributed by atoms with van der Waals surface area (Å²) in [6, 6.07) is 9.86. The van der Waals surface area contributed by atoms with Gasteiger partial charge in [-0.15, -0.1) is 5.16 Å². The van der Waals surface area contributed by atoms with Crippen LogP contribution in [-0.2, 0) is 9.53 Å². The van der Waals surface area contributed by atoms with Gasteiger partial charge in [0.25, 0.3) is 0 Å². The third-order valence-corrected chi connectivity index (χ3v) is 3.82. The first-order chi connectivity index (χ1) is 12.1. The average Bonchev–Trinajstić information content (AvgIpc) is 2.59. The largest absolute Gasteiger partial charge is 0.494 e. The number of esters is 1. The van der Waals surface area contributed by atoms with Crippen LogP contribution >= 0.6 is 0 Å². The summed E-state index contributed by atoms with van der Waals surface area (Å²) in [4.78, 5) is 11.9. The zero-order chi connectivity index (χ0) is 18.3. The van der Waals surface area contributed by atoms with E-state index in [9.17, 15) is 4.79 Å². The van der Waals surface area contributed by atoms with Crippen molar-refractivity contribution in [1.82, 2.24) is 0 Å². The van der Waals surface area contributed by atoms with Gasteiger partial charge in [0.15, 0.2) is 0 Å². The Kier molecular flexibility index (Phi) is 11.2. The number of benzene rings is 1. The summed E-state index contributed by atoms with van der Waals surface area (Å²) < 4.78 is 10.8. The molecule has 140 valence electrons. The van der Waals surface area contributed by atoms with E-state index in [4.69, 9.17) is 14.7 Å². The quantitative estimate of drug-likeness (QED) is 0.182. The molecular formula is C20H31NO4. The van der Waals surface area contributed by atoms with Crippen molar-refractivity contribution < 1.29 is 19.5 Å². The number of carbonyl (C=O) groups is 1. The molecule has 0 fully saturated rings. The predicted molar refractivity (Wildman–Crippen MR) is 99.3 cm³/mol. The Morgan fingerprint density at radius 3 is 2.36 bits per heavy atom. The summed E-state index contributed by atoms with van der Waals surface area (Å²) in [6.07, 6.45) is 8.24. The zero-order valence-electron chi connectivity index (χ0n) is 15.4. The van der Waals surface area contributed by atoms with Gasteiger partial charge in [-0.1, -0.05) is 50.3 Å². The van der Waals surface area contributed by atoms with E-state index >= 15 is 0 Å². The molecule has 0 heterocycles. The molecule has 0 aliphatic carbocycles. The summed E-state index contributed by atoms with van der Waals surface area (Å²) in [5.74, 6) is 0.157. The molecule has 1 N–H and O–H groups in total. The van der Waals surface area contributed by atoms with Crippen LogP contribution in [0.25, 0.3) is 0 Å². The highest BCUT2D eigenvalue weighted by atomic mass is 16.5. The second kappa shape index (κ2) is 13.3. The molecule has 0 aliphatic rings. The highest BCUT2D eigenvalue weighted by Crippen LogP contribution is 2.14. The van der Waals surface area contributed by atoms with Crippen LogP contribution in [0.2, 0.25) is 0 Å². The molecule has 1 rings (SSSR count). The van der Waals surface area contributed by atoms with Crippen molar-refractivity contribution >= 4 is 12.2 Å². The van der Waals surface area contributed by atoms with Crippen LogP contribution in [0.15, 0.2) is 35.5 Å². The van der Waals surface area contributed by atoms with E-state index in [0.717, 1.165) is 50.9 Å². The maximum absolute atomic E-state index is 11.9. The lowest BCUT2D eigenvalue weighted by Crippen LogP contribution is -2.22. The molecule has 0 amide bonds. The Balaban J connectivity index is 2.03. The second-order valence-corrected chi connectivity index (χ2v) is 6.43. The lowest BCUT2D eigenvalue weighted by atomic mass is 10.0. The second-order valence-electron chi connectivity index (χ2n) is 6.43. The number of hydrogen-bond acceptors (Lipinski definition) is 5. The van der Waals surface area contributed by atoms with Crippen LogP contribution in [0.1, 0.15) is 58.8 Å². The molecule has 0 saturated heterocycles. The number of ether oxygens (including phenoxy) is 2. The van der Waals surface area contributed by atoms with Crippen molar-refractivity contribution in [2.45, 2.75) is 64.9 Å². The van der Waals surface area contributed by atoms with Gasteiger partial charge in [-0.2, -0.15) is 0 Å². The molecule has 0 aliphatic heterocycles. The van der Waals surface area contributed by atoms with E-state index in [1.54, 1.807) is 0 Å². The van der Waals surface area contributed by atoms with Crippen LogP contribution < -0.4 is 4.74 Å². The van der Waals surface area contributed by atoms with Gasteiger partial charge in [0, 0.05) is 0 Å². The fourth-order valence-electron chi connectivity index (χ4n) is 2.53. The Hall–Kier alpha value is -2.04. The Labute approximate surface area is 151 Å². The van der Waals surface area contributed by atoms with Crippen molar-refractivity contribution in [3.8, 4) is 5.75 Å². The van der Waals surface area contributed by atoms with Crippen LogP contribution in [0.3, 0.4) is 0 Å². The monoisotopic (exact) mass is 349 g/mol. The Morgan fingerprint density at radius 2 is 1.72 bits per heavy atom. The van der Waals surface area contributed by atoms with Gasteiger partial charge in [-0.25, -0.2) is 0 Å². The number of nitrogens with zero attached hydrogens (tertiary/aromatic N) is 1. The highest BCUT2D eigenvalue weighted by molar-refractivity contribution is 5.89. The van der Waals surface area contributed by atoms with Crippen molar-refractivity contribution in [3.05, 3.63) is 30.3 Å². The van der Waals surface area contributed by atoms with Gasteiger partial charge < -0.3 is 14.7 Å². The number of oxime groups is 1. The molecule has 0 radical (unpaired) electrons. The molecule has 0 saturated carbocycles. The summed E-state index contributed by atoms with van der Waals surface area (Å²) in [5.41, 5.74) is 0.